The van der Waals surface area contributed by atoms with Crippen LogP contribution in [-0.2, 0) is 24.0 Å². The van der Waals surface area contributed by atoms with Gasteiger partial charge in [0.15, 0.2) is 12.2 Å². The van der Waals surface area contributed by atoms with Gasteiger partial charge in [-0.25, -0.2) is 0 Å². The molecule has 20 nitrogen and oxygen atoms in total. The van der Waals surface area contributed by atoms with E-state index in [-0.39, 0.29) is 44.9 Å². The van der Waals surface area contributed by atoms with Crippen LogP contribution < -0.4 is 21.3 Å². The molecule has 0 heterocycles. The van der Waals surface area contributed by atoms with Gasteiger partial charge >= 0.3 is 0 Å². The smallest absolute Gasteiger partial charge is 0.251 e. The summed E-state index contributed by atoms with van der Waals surface area (Å²) in [7, 11) is 0. The molecule has 0 fully saturated rings. The molecule has 0 radical (unpaired) electrons. The summed E-state index contributed by atoms with van der Waals surface area (Å²) in [5, 5.41) is 108. The van der Waals surface area contributed by atoms with Gasteiger partial charge in [0.1, 0.15) is 42.7 Å². The largest absolute Gasteiger partial charge is 0.394 e. The Hall–Kier alpha value is -3.05. The molecule has 0 spiro atoms. The first-order valence-corrected chi connectivity index (χ1v) is 27.1. The SMILES string of the molecule is CCCCCCCCCCCCCCCCCCCCCCC(NC(=O)CCC(=O)N(CCNC(=O)[C@@H](O)[C@H](O)[C@@H](O)[C@H](O)CO)CCNC(=O)[C@H](O)[C@@H](O)[C@H](O)[C@H](O)CO)C(=O)NCCCCCCC. The standard InChI is InChI=1S/C51H99N5O15/c1-3-5-7-9-10-11-12-13-14-15-16-17-18-19-20-21-22-23-24-26-28-38(49(69)52-31-27-25-8-6-4-2)55-41(61)29-30-42(62)56(34-32-53-50(70)47(67)45(65)43(63)39(59)36-57)35-33-54-51(71)48(68)46(66)44(64)40(60)37-58/h38-40,43-48,57-60,63-68H,3-37H2,1-2H3,(H,52,69)(H,53,70)(H,54,71)(H,55,61)/t38?,39-,40-,43-,44+,45+,46-,47-,48+/m1/s1. The van der Waals surface area contributed by atoms with Gasteiger partial charge < -0.3 is 77.2 Å². The lowest BCUT2D eigenvalue weighted by Gasteiger charge is -2.27. The number of rotatable bonds is 48. The second-order valence-electron chi connectivity index (χ2n) is 19.1. The van der Waals surface area contributed by atoms with Gasteiger partial charge in [0.25, 0.3) is 11.8 Å². The number of amides is 5. The topological polar surface area (TPSA) is 339 Å². The number of nitrogens with one attached hydrogen (secondary N) is 4. The van der Waals surface area contributed by atoms with Crippen LogP contribution in [0.1, 0.15) is 194 Å². The molecule has 0 saturated heterocycles. The molecule has 0 saturated carbocycles. The third-order valence-corrected chi connectivity index (χ3v) is 12.9. The van der Waals surface area contributed by atoms with E-state index in [0.717, 1.165) is 69.1 Å². The molecule has 5 amide bonds. The minimum absolute atomic E-state index is 0.290. The van der Waals surface area contributed by atoms with Crippen LogP contribution in [0.15, 0.2) is 0 Å². The summed E-state index contributed by atoms with van der Waals surface area (Å²) in [6.45, 7) is 1.61. The van der Waals surface area contributed by atoms with Gasteiger partial charge in [0.2, 0.25) is 17.7 Å². The van der Waals surface area contributed by atoms with Crippen LogP contribution in [0.4, 0.5) is 0 Å². The second kappa shape index (κ2) is 44.4. The molecule has 0 aromatic heterocycles. The van der Waals surface area contributed by atoms with Crippen LogP contribution in [-0.4, -0.2) is 186 Å². The number of carbonyl (C=O) groups is 5. The third-order valence-electron chi connectivity index (χ3n) is 12.9. The lowest BCUT2D eigenvalue weighted by atomic mass is 10.0. The van der Waals surface area contributed by atoms with Gasteiger partial charge in [-0.15, -0.1) is 0 Å². The first-order valence-electron chi connectivity index (χ1n) is 27.1. The Morgan fingerprint density at radius 1 is 0.408 bits per heavy atom. The van der Waals surface area contributed by atoms with Gasteiger partial charge in [-0.05, 0) is 12.8 Å². The molecule has 20 heteroatoms. The molecule has 9 atom stereocenters. The number of aliphatic hydroxyl groups is 10. The van der Waals surface area contributed by atoms with Crippen LogP contribution >= 0.6 is 0 Å². The monoisotopic (exact) mass is 1020 g/mol. The molecule has 1 unspecified atom stereocenters. The fourth-order valence-electron chi connectivity index (χ4n) is 8.13. The zero-order valence-corrected chi connectivity index (χ0v) is 43.4. The maximum atomic E-state index is 13.5. The van der Waals surface area contributed by atoms with Crippen LogP contribution in [0.25, 0.3) is 0 Å². The molecule has 0 aromatic carbocycles. The summed E-state index contributed by atoms with van der Waals surface area (Å²) < 4.78 is 0. The molecule has 0 aliphatic rings. The van der Waals surface area contributed by atoms with E-state index in [4.69, 9.17) is 10.2 Å². The Balaban J connectivity index is 5.28. The summed E-state index contributed by atoms with van der Waals surface area (Å²) in [5.74, 6) is -3.91. The Morgan fingerprint density at radius 3 is 1.11 bits per heavy atom. The van der Waals surface area contributed by atoms with Crippen molar-refractivity contribution in [1.82, 2.24) is 26.2 Å². The van der Waals surface area contributed by atoms with E-state index in [1.54, 1.807) is 0 Å². The van der Waals surface area contributed by atoms with Crippen molar-refractivity contribution >= 4 is 29.5 Å². The molecule has 0 rings (SSSR count). The highest BCUT2D eigenvalue weighted by molar-refractivity contribution is 5.89. The molecule has 418 valence electrons. The Morgan fingerprint density at radius 2 is 0.746 bits per heavy atom. The zero-order chi connectivity index (χ0) is 53.2. The first kappa shape index (κ1) is 68.0. The van der Waals surface area contributed by atoms with Crippen LogP contribution in [0, 0.1) is 0 Å². The van der Waals surface area contributed by atoms with E-state index < -0.39 is 91.7 Å². The molecule has 0 aliphatic heterocycles. The van der Waals surface area contributed by atoms with Crippen LogP contribution in [0.2, 0.25) is 0 Å². The fraction of sp³-hybridized carbons (Fsp3) is 0.902. The predicted molar refractivity (Wildman–Crippen MR) is 270 cm³/mol. The van der Waals surface area contributed by atoms with Gasteiger partial charge in [-0.1, -0.05) is 168 Å². The van der Waals surface area contributed by atoms with Crippen molar-refractivity contribution in [2.24, 2.45) is 0 Å². The maximum Gasteiger partial charge on any atom is 0.251 e. The molecular formula is C51H99N5O15. The number of unbranched alkanes of at least 4 members (excludes halogenated alkanes) is 23. The molecule has 0 aliphatic carbocycles. The lowest BCUT2D eigenvalue weighted by Crippen LogP contribution is -2.53. The number of hydrogen-bond acceptors (Lipinski definition) is 15. The van der Waals surface area contributed by atoms with Crippen molar-refractivity contribution in [2.45, 2.75) is 249 Å². The van der Waals surface area contributed by atoms with E-state index >= 15 is 0 Å². The van der Waals surface area contributed by atoms with Crippen LogP contribution in [0.5, 0.6) is 0 Å². The van der Waals surface area contributed by atoms with E-state index in [0.29, 0.717) is 13.0 Å². The summed E-state index contributed by atoms with van der Waals surface area (Å²) in [6.07, 6.45) is 12.9. The highest BCUT2D eigenvalue weighted by Gasteiger charge is 2.35. The van der Waals surface area contributed by atoms with Gasteiger partial charge in [0, 0.05) is 45.6 Å². The van der Waals surface area contributed by atoms with Crippen molar-refractivity contribution in [2.75, 3.05) is 45.9 Å². The van der Waals surface area contributed by atoms with Crippen molar-refractivity contribution in [3.05, 3.63) is 0 Å². The summed E-state index contributed by atoms with van der Waals surface area (Å²) >= 11 is 0. The van der Waals surface area contributed by atoms with Gasteiger partial charge in [-0.2, -0.15) is 0 Å². The summed E-state index contributed by atoms with van der Waals surface area (Å²) in [6, 6.07) is -0.817. The maximum absolute atomic E-state index is 13.5. The molecule has 14 N–H and O–H groups in total. The van der Waals surface area contributed by atoms with E-state index in [2.05, 4.69) is 35.1 Å². The quantitative estimate of drug-likeness (QED) is 0.0384. The van der Waals surface area contributed by atoms with Crippen molar-refractivity contribution in [3.8, 4) is 0 Å². The molecular weight excluding hydrogens is 923 g/mol. The number of carbonyl (C=O) groups excluding carboxylic acids is 5. The average molecular weight is 1020 g/mol. The minimum Gasteiger partial charge on any atom is -0.394 e. The predicted octanol–water partition coefficient (Wildman–Crippen LogP) is 1.48. The first-order chi connectivity index (χ1) is 34.1. The van der Waals surface area contributed by atoms with Crippen molar-refractivity contribution < 1.29 is 75.0 Å². The lowest BCUT2D eigenvalue weighted by molar-refractivity contribution is -0.149. The van der Waals surface area contributed by atoms with E-state index in [1.165, 1.54) is 96.3 Å². The van der Waals surface area contributed by atoms with Gasteiger partial charge in [0.05, 0.1) is 13.2 Å². The van der Waals surface area contributed by atoms with E-state index in [9.17, 15) is 64.8 Å². The minimum atomic E-state index is -2.25. The van der Waals surface area contributed by atoms with Crippen molar-refractivity contribution in [1.29, 1.82) is 0 Å². The number of aliphatic hydroxyl groups excluding tert-OH is 10. The Kier molecular flexibility index (Phi) is 42.5. The third kappa shape index (κ3) is 33.4. The zero-order valence-electron chi connectivity index (χ0n) is 43.4. The molecule has 71 heavy (non-hydrogen) atoms. The Labute approximate surface area is 424 Å². The average Bonchev–Trinajstić information content (AvgIpc) is 3.37. The molecule has 0 aromatic rings. The summed E-state index contributed by atoms with van der Waals surface area (Å²) in [5.41, 5.74) is 0. The summed E-state index contributed by atoms with van der Waals surface area (Å²) in [4.78, 5) is 66.3. The second-order valence-corrected chi connectivity index (χ2v) is 19.1. The number of hydrogen-bond donors (Lipinski definition) is 14. The van der Waals surface area contributed by atoms with Gasteiger partial charge in [-0.3, -0.25) is 24.0 Å². The highest BCUT2D eigenvalue weighted by atomic mass is 16.4. The number of nitrogens with zero attached hydrogens (tertiary/aromatic N) is 1. The van der Waals surface area contributed by atoms with Crippen LogP contribution in [0.3, 0.4) is 0 Å². The molecule has 0 bridgehead atoms. The highest BCUT2D eigenvalue weighted by Crippen LogP contribution is 2.16. The van der Waals surface area contributed by atoms with Crippen molar-refractivity contribution in [3.63, 3.8) is 0 Å². The Bertz CT molecular complexity index is 1320. The van der Waals surface area contributed by atoms with E-state index in [1.807, 2.05) is 0 Å². The normalized spacial score (nSPS) is 15.4. The fourth-order valence-corrected chi connectivity index (χ4v) is 8.13.